The molecule has 1 aliphatic heterocycles. The first kappa shape index (κ1) is 25.4. The molecule has 0 radical (unpaired) electrons. The maximum atomic E-state index is 13.7. The number of benzene rings is 2. The van der Waals surface area contributed by atoms with Crippen LogP contribution in [0.4, 0.5) is 4.39 Å². The second-order valence-electron chi connectivity index (χ2n) is 9.53. The summed E-state index contributed by atoms with van der Waals surface area (Å²) in [5.41, 5.74) is 1.06. The number of nitrogens with one attached hydrogen (secondary N) is 1. The Morgan fingerprint density at radius 2 is 1.91 bits per heavy atom. The lowest BCUT2D eigenvalue weighted by molar-refractivity contribution is -0.123. The second-order valence-corrected chi connectivity index (χ2v) is 9.53. The van der Waals surface area contributed by atoms with E-state index in [4.69, 9.17) is 14.2 Å². The minimum absolute atomic E-state index is 0.0247. The molecule has 0 aromatic heterocycles. The number of rotatable bonds is 9. The summed E-state index contributed by atoms with van der Waals surface area (Å²) in [5.74, 6) is 1.02. The summed E-state index contributed by atoms with van der Waals surface area (Å²) in [6.45, 7) is 1.96. The molecular formula is C27H35FN2O5. The van der Waals surface area contributed by atoms with E-state index in [1.54, 1.807) is 19.2 Å². The van der Waals surface area contributed by atoms with Crippen molar-refractivity contribution in [1.29, 1.82) is 0 Å². The number of hydrogen-bond donors (Lipinski definition) is 2. The number of aliphatic hydroxyl groups is 1. The number of likely N-dealkylation sites (N-methyl/N-ethyl adjacent to an activating group) is 1. The standard InChI is InChI=1S/C27H35FN2O5/c1-30(17-19-6-8-21(33-2)9-7-19)26-23(29-25(31)14-18-10-12-34-13-11-18)16-24(27(26)32)35-22-5-3-4-20(28)15-22/h3-9,15,18,23-24,26-27,32H,10-14,16-17H2,1-2H3,(H,29,31)/t23-,24-,26+,27+/m1/s1. The Morgan fingerprint density at radius 3 is 2.60 bits per heavy atom. The first-order chi connectivity index (χ1) is 16.9. The number of amides is 1. The van der Waals surface area contributed by atoms with Crippen LogP contribution in [0.5, 0.6) is 11.5 Å². The molecule has 4 rings (SSSR count). The van der Waals surface area contributed by atoms with E-state index in [0.29, 0.717) is 44.3 Å². The molecule has 2 fully saturated rings. The third kappa shape index (κ3) is 6.72. The molecule has 1 aliphatic carbocycles. The Hall–Kier alpha value is -2.68. The van der Waals surface area contributed by atoms with Crippen LogP contribution in [-0.4, -0.2) is 67.6 Å². The fourth-order valence-corrected chi connectivity index (χ4v) is 5.13. The summed E-state index contributed by atoms with van der Waals surface area (Å²) in [6.07, 6.45) is 1.19. The molecule has 1 heterocycles. The number of halogens is 1. The van der Waals surface area contributed by atoms with Crippen LogP contribution in [-0.2, 0) is 16.1 Å². The third-order valence-corrected chi connectivity index (χ3v) is 6.97. The molecule has 2 aliphatic rings. The fraction of sp³-hybridized carbons (Fsp3) is 0.519. The van der Waals surface area contributed by atoms with Crippen LogP contribution in [0.2, 0.25) is 0 Å². The molecule has 1 saturated heterocycles. The lowest BCUT2D eigenvalue weighted by atomic mass is 9.96. The van der Waals surface area contributed by atoms with E-state index in [0.717, 1.165) is 24.2 Å². The maximum absolute atomic E-state index is 13.7. The predicted octanol–water partition coefficient (Wildman–Crippen LogP) is 3.15. The van der Waals surface area contributed by atoms with Gasteiger partial charge in [0, 0.05) is 38.7 Å². The van der Waals surface area contributed by atoms with Crippen molar-refractivity contribution in [1.82, 2.24) is 10.2 Å². The van der Waals surface area contributed by atoms with Crippen LogP contribution in [0.1, 0.15) is 31.2 Å². The van der Waals surface area contributed by atoms with Gasteiger partial charge in [-0.1, -0.05) is 18.2 Å². The van der Waals surface area contributed by atoms with E-state index in [9.17, 15) is 14.3 Å². The summed E-state index contributed by atoms with van der Waals surface area (Å²) in [4.78, 5) is 15.0. The Morgan fingerprint density at radius 1 is 1.17 bits per heavy atom. The van der Waals surface area contributed by atoms with Crippen molar-refractivity contribution in [2.75, 3.05) is 27.4 Å². The largest absolute Gasteiger partial charge is 0.497 e. The van der Waals surface area contributed by atoms with Gasteiger partial charge < -0.3 is 24.6 Å². The molecule has 8 heteroatoms. The van der Waals surface area contributed by atoms with E-state index in [2.05, 4.69) is 5.32 Å². The van der Waals surface area contributed by atoms with Crippen molar-refractivity contribution in [2.45, 2.75) is 56.5 Å². The smallest absolute Gasteiger partial charge is 0.220 e. The van der Waals surface area contributed by atoms with Crippen LogP contribution in [0.25, 0.3) is 0 Å². The summed E-state index contributed by atoms with van der Waals surface area (Å²) < 4.78 is 30.3. The molecule has 0 bridgehead atoms. The third-order valence-electron chi connectivity index (χ3n) is 6.97. The highest BCUT2D eigenvalue weighted by atomic mass is 19.1. The van der Waals surface area contributed by atoms with E-state index in [-0.39, 0.29) is 18.0 Å². The number of carbonyl (C=O) groups excluding carboxylic acids is 1. The van der Waals surface area contributed by atoms with Crippen molar-refractivity contribution in [3.8, 4) is 11.5 Å². The fourth-order valence-electron chi connectivity index (χ4n) is 5.13. The van der Waals surface area contributed by atoms with Gasteiger partial charge in [0.1, 0.15) is 29.5 Å². The molecule has 35 heavy (non-hydrogen) atoms. The maximum Gasteiger partial charge on any atom is 0.220 e. The van der Waals surface area contributed by atoms with Crippen LogP contribution in [0.3, 0.4) is 0 Å². The van der Waals surface area contributed by atoms with Crippen molar-refractivity contribution in [3.05, 3.63) is 59.9 Å². The molecule has 4 atom stereocenters. The number of hydrogen-bond acceptors (Lipinski definition) is 6. The second kappa shape index (κ2) is 11.8. The molecule has 2 aromatic carbocycles. The molecule has 0 spiro atoms. The molecule has 190 valence electrons. The SMILES string of the molecule is COc1ccc(CN(C)[C@@H]2[C@@H](O)[C@H](Oc3cccc(F)c3)C[C@H]2NC(=O)CC2CCOCC2)cc1. The molecule has 1 saturated carbocycles. The molecule has 7 nitrogen and oxygen atoms in total. The van der Waals surface area contributed by atoms with Crippen LogP contribution in [0, 0.1) is 11.7 Å². The van der Waals surface area contributed by atoms with Crippen LogP contribution < -0.4 is 14.8 Å². The summed E-state index contributed by atoms with van der Waals surface area (Å²) in [6, 6.07) is 13.0. The lowest BCUT2D eigenvalue weighted by Gasteiger charge is -2.33. The van der Waals surface area contributed by atoms with Gasteiger partial charge in [-0.2, -0.15) is 0 Å². The molecule has 0 unspecified atom stereocenters. The Labute approximate surface area is 206 Å². The van der Waals surface area contributed by atoms with Crippen LogP contribution in [0.15, 0.2) is 48.5 Å². The number of aliphatic hydroxyl groups excluding tert-OH is 1. The Bertz CT molecular complexity index is 966. The van der Waals surface area contributed by atoms with Crippen LogP contribution >= 0.6 is 0 Å². The van der Waals surface area contributed by atoms with Crippen molar-refractivity contribution >= 4 is 5.91 Å². The van der Waals surface area contributed by atoms with Gasteiger partial charge in [-0.05, 0) is 55.6 Å². The van der Waals surface area contributed by atoms with E-state index in [1.807, 2.05) is 36.2 Å². The number of ether oxygens (including phenoxy) is 3. The zero-order chi connectivity index (χ0) is 24.8. The highest BCUT2D eigenvalue weighted by molar-refractivity contribution is 5.76. The average molecular weight is 487 g/mol. The quantitative estimate of drug-likeness (QED) is 0.567. The normalized spacial score (nSPS) is 24.9. The van der Waals surface area contributed by atoms with E-state index >= 15 is 0 Å². The first-order valence-corrected chi connectivity index (χ1v) is 12.2. The molecular weight excluding hydrogens is 451 g/mol. The number of methoxy groups -OCH3 is 1. The summed E-state index contributed by atoms with van der Waals surface area (Å²) in [7, 11) is 3.56. The Kier molecular flexibility index (Phi) is 8.59. The van der Waals surface area contributed by atoms with Gasteiger partial charge in [-0.25, -0.2) is 4.39 Å². The molecule has 2 N–H and O–H groups in total. The minimum Gasteiger partial charge on any atom is -0.497 e. The predicted molar refractivity (Wildman–Crippen MR) is 130 cm³/mol. The number of nitrogens with zero attached hydrogens (tertiary/aromatic N) is 1. The van der Waals surface area contributed by atoms with E-state index < -0.39 is 18.0 Å². The monoisotopic (exact) mass is 486 g/mol. The summed E-state index contributed by atoms with van der Waals surface area (Å²) >= 11 is 0. The Balaban J connectivity index is 1.47. The van der Waals surface area contributed by atoms with Gasteiger partial charge in [-0.3, -0.25) is 9.69 Å². The zero-order valence-electron chi connectivity index (χ0n) is 20.4. The highest BCUT2D eigenvalue weighted by Gasteiger charge is 2.46. The van der Waals surface area contributed by atoms with Gasteiger partial charge >= 0.3 is 0 Å². The van der Waals surface area contributed by atoms with Gasteiger partial charge in [0.05, 0.1) is 19.2 Å². The zero-order valence-corrected chi connectivity index (χ0v) is 20.4. The van der Waals surface area contributed by atoms with Crippen molar-refractivity contribution < 1.29 is 28.5 Å². The molecule has 1 amide bonds. The molecule has 2 aromatic rings. The van der Waals surface area contributed by atoms with E-state index in [1.165, 1.54) is 12.1 Å². The summed E-state index contributed by atoms with van der Waals surface area (Å²) in [5, 5.41) is 14.4. The first-order valence-electron chi connectivity index (χ1n) is 12.2. The topological polar surface area (TPSA) is 80.3 Å². The lowest BCUT2D eigenvalue weighted by Crippen LogP contribution is -2.52. The average Bonchev–Trinajstić information content (AvgIpc) is 3.14. The number of carbonyl (C=O) groups is 1. The van der Waals surface area contributed by atoms with Gasteiger partial charge in [0.15, 0.2) is 0 Å². The van der Waals surface area contributed by atoms with Gasteiger partial charge in [-0.15, -0.1) is 0 Å². The van der Waals surface area contributed by atoms with Crippen molar-refractivity contribution in [2.24, 2.45) is 5.92 Å². The van der Waals surface area contributed by atoms with Gasteiger partial charge in [0.25, 0.3) is 0 Å². The minimum atomic E-state index is -0.866. The van der Waals surface area contributed by atoms with Gasteiger partial charge in [0.2, 0.25) is 5.91 Å². The highest BCUT2D eigenvalue weighted by Crippen LogP contribution is 2.30. The van der Waals surface area contributed by atoms with Crippen molar-refractivity contribution in [3.63, 3.8) is 0 Å².